The Labute approximate surface area is 78.6 Å². The van der Waals surface area contributed by atoms with Crippen LogP contribution in [0.2, 0.25) is 0 Å². The van der Waals surface area contributed by atoms with E-state index < -0.39 is 9.05 Å². The van der Waals surface area contributed by atoms with Crippen molar-refractivity contribution < 1.29 is 13.2 Å². The standard InChI is InChI=1S/C5H6ClNO3S2/c1-10-2-4-7-5(3-11-4)12(6,8)9/h3H,2H2,1H3. The van der Waals surface area contributed by atoms with Crippen LogP contribution >= 0.6 is 22.0 Å². The van der Waals surface area contributed by atoms with Gasteiger partial charge in [0, 0.05) is 23.2 Å². The Morgan fingerprint density at radius 3 is 2.83 bits per heavy atom. The minimum Gasteiger partial charge on any atom is -0.378 e. The maximum Gasteiger partial charge on any atom is 0.279 e. The second-order valence-electron chi connectivity index (χ2n) is 1.95. The average Bonchev–Trinajstić information content (AvgIpc) is 2.35. The first-order valence-electron chi connectivity index (χ1n) is 2.92. The van der Waals surface area contributed by atoms with Crippen molar-refractivity contribution in [2.45, 2.75) is 11.6 Å². The van der Waals surface area contributed by atoms with E-state index in [1.54, 1.807) is 0 Å². The molecule has 0 saturated carbocycles. The van der Waals surface area contributed by atoms with Crippen LogP contribution in [0, 0.1) is 0 Å². The SMILES string of the molecule is COCc1nc(S(=O)(=O)Cl)cs1. The number of hydrogen-bond acceptors (Lipinski definition) is 5. The van der Waals surface area contributed by atoms with Crippen molar-refractivity contribution in [3.63, 3.8) is 0 Å². The Balaban J connectivity index is 2.92. The highest BCUT2D eigenvalue weighted by molar-refractivity contribution is 8.13. The molecule has 0 saturated heterocycles. The highest BCUT2D eigenvalue weighted by Crippen LogP contribution is 2.18. The van der Waals surface area contributed by atoms with Gasteiger partial charge in [0.2, 0.25) is 0 Å². The lowest BCUT2D eigenvalue weighted by atomic mass is 10.7. The van der Waals surface area contributed by atoms with Crippen LogP contribution in [0.15, 0.2) is 10.4 Å². The zero-order chi connectivity index (χ0) is 9.19. The lowest BCUT2D eigenvalue weighted by Crippen LogP contribution is -1.92. The molecule has 7 heteroatoms. The lowest BCUT2D eigenvalue weighted by molar-refractivity contribution is 0.184. The van der Waals surface area contributed by atoms with Crippen LogP contribution in [0.4, 0.5) is 0 Å². The third kappa shape index (κ3) is 2.41. The van der Waals surface area contributed by atoms with Gasteiger partial charge in [0.05, 0.1) is 6.61 Å². The minimum absolute atomic E-state index is 0.110. The lowest BCUT2D eigenvalue weighted by Gasteiger charge is -1.89. The van der Waals surface area contributed by atoms with Crippen molar-refractivity contribution in [3.8, 4) is 0 Å². The maximum absolute atomic E-state index is 10.7. The quantitative estimate of drug-likeness (QED) is 0.729. The molecule has 0 atom stereocenters. The maximum atomic E-state index is 10.7. The Morgan fingerprint density at radius 2 is 2.42 bits per heavy atom. The molecule has 0 spiro atoms. The molecule has 4 nitrogen and oxygen atoms in total. The predicted molar refractivity (Wildman–Crippen MR) is 45.9 cm³/mol. The fourth-order valence-corrected chi connectivity index (χ4v) is 2.53. The molecule has 68 valence electrons. The number of halogens is 1. The highest BCUT2D eigenvalue weighted by Gasteiger charge is 2.14. The molecule has 0 aliphatic heterocycles. The summed E-state index contributed by atoms with van der Waals surface area (Å²) in [6, 6.07) is 0. The van der Waals surface area contributed by atoms with Gasteiger partial charge in [0.1, 0.15) is 5.01 Å². The second kappa shape index (κ2) is 3.69. The molecule has 1 aromatic heterocycles. The van der Waals surface area contributed by atoms with E-state index in [4.69, 9.17) is 15.4 Å². The number of methoxy groups -OCH3 is 1. The van der Waals surface area contributed by atoms with Gasteiger partial charge in [-0.25, -0.2) is 13.4 Å². The fourth-order valence-electron chi connectivity index (χ4n) is 0.596. The van der Waals surface area contributed by atoms with Crippen molar-refractivity contribution >= 4 is 31.1 Å². The Kier molecular flexibility index (Phi) is 3.05. The molecule has 0 unspecified atom stereocenters. The molecule has 0 radical (unpaired) electrons. The van der Waals surface area contributed by atoms with Crippen LogP contribution in [-0.2, 0) is 20.4 Å². The third-order valence-electron chi connectivity index (χ3n) is 1.05. The van der Waals surface area contributed by atoms with Crippen LogP contribution in [0.3, 0.4) is 0 Å². The van der Waals surface area contributed by atoms with E-state index in [2.05, 4.69) is 4.98 Å². The van der Waals surface area contributed by atoms with Gasteiger partial charge in [-0.15, -0.1) is 11.3 Å². The van der Waals surface area contributed by atoms with E-state index in [1.807, 2.05) is 0 Å². The predicted octanol–water partition coefficient (Wildman–Crippen LogP) is 1.22. The number of nitrogens with zero attached hydrogens (tertiary/aromatic N) is 1. The summed E-state index contributed by atoms with van der Waals surface area (Å²) in [5.41, 5.74) is 0. The van der Waals surface area contributed by atoms with Crippen LogP contribution < -0.4 is 0 Å². The average molecular weight is 228 g/mol. The van der Waals surface area contributed by atoms with Gasteiger partial charge in [-0.1, -0.05) is 0 Å². The van der Waals surface area contributed by atoms with Crippen molar-refractivity contribution in [1.29, 1.82) is 0 Å². The minimum atomic E-state index is -3.68. The molecule has 1 rings (SSSR count). The number of aromatic nitrogens is 1. The first-order chi connectivity index (χ1) is 5.54. The summed E-state index contributed by atoms with van der Waals surface area (Å²) in [6.07, 6.45) is 0. The molecule has 1 heterocycles. The summed E-state index contributed by atoms with van der Waals surface area (Å²) < 4.78 is 26.2. The molecular formula is C5H6ClNO3S2. The van der Waals surface area contributed by atoms with E-state index in [0.717, 1.165) is 0 Å². The summed E-state index contributed by atoms with van der Waals surface area (Å²) in [4.78, 5) is 3.74. The number of ether oxygens (including phenoxy) is 1. The van der Waals surface area contributed by atoms with E-state index in [9.17, 15) is 8.42 Å². The van der Waals surface area contributed by atoms with Gasteiger partial charge in [-0.3, -0.25) is 0 Å². The number of rotatable bonds is 3. The first-order valence-corrected chi connectivity index (χ1v) is 6.11. The van der Waals surface area contributed by atoms with Gasteiger partial charge in [0.15, 0.2) is 5.03 Å². The number of hydrogen-bond donors (Lipinski definition) is 0. The van der Waals surface area contributed by atoms with E-state index in [-0.39, 0.29) is 5.03 Å². The van der Waals surface area contributed by atoms with Crippen LogP contribution in [0.5, 0.6) is 0 Å². The van der Waals surface area contributed by atoms with Crippen molar-refractivity contribution in [3.05, 3.63) is 10.4 Å². The summed E-state index contributed by atoms with van der Waals surface area (Å²) >= 11 is 1.20. The molecule has 0 fully saturated rings. The van der Waals surface area contributed by atoms with Crippen LogP contribution in [0.25, 0.3) is 0 Å². The van der Waals surface area contributed by atoms with Gasteiger partial charge in [-0.05, 0) is 0 Å². The molecule has 0 aliphatic carbocycles. The first kappa shape index (κ1) is 9.91. The van der Waals surface area contributed by atoms with E-state index in [1.165, 1.54) is 23.8 Å². The Morgan fingerprint density at radius 1 is 1.75 bits per heavy atom. The smallest absolute Gasteiger partial charge is 0.279 e. The van der Waals surface area contributed by atoms with Gasteiger partial charge < -0.3 is 4.74 Å². The molecule has 0 bridgehead atoms. The normalized spacial score (nSPS) is 11.8. The second-order valence-corrected chi connectivity index (χ2v) is 5.41. The van der Waals surface area contributed by atoms with Gasteiger partial charge in [0.25, 0.3) is 9.05 Å². The Hall–Kier alpha value is -0.170. The summed E-state index contributed by atoms with van der Waals surface area (Å²) in [7, 11) is 2.87. The van der Waals surface area contributed by atoms with Crippen molar-refractivity contribution in [2.24, 2.45) is 0 Å². The summed E-state index contributed by atoms with van der Waals surface area (Å²) in [5.74, 6) is 0. The number of thiazole rings is 1. The molecule has 0 aliphatic rings. The van der Waals surface area contributed by atoms with Gasteiger partial charge >= 0.3 is 0 Å². The molecule has 0 N–H and O–H groups in total. The van der Waals surface area contributed by atoms with E-state index >= 15 is 0 Å². The monoisotopic (exact) mass is 227 g/mol. The largest absolute Gasteiger partial charge is 0.378 e. The van der Waals surface area contributed by atoms with Crippen molar-refractivity contribution in [2.75, 3.05) is 7.11 Å². The van der Waals surface area contributed by atoms with Crippen molar-refractivity contribution in [1.82, 2.24) is 4.98 Å². The topological polar surface area (TPSA) is 56.3 Å². The Bertz CT molecular complexity index is 359. The summed E-state index contributed by atoms with van der Waals surface area (Å²) in [5, 5.41) is 1.87. The third-order valence-corrected chi connectivity index (χ3v) is 3.20. The highest BCUT2D eigenvalue weighted by atomic mass is 35.7. The van der Waals surface area contributed by atoms with Crippen LogP contribution in [-0.4, -0.2) is 20.5 Å². The molecule has 0 aromatic carbocycles. The molecular weight excluding hydrogens is 222 g/mol. The molecule has 12 heavy (non-hydrogen) atoms. The zero-order valence-corrected chi connectivity index (χ0v) is 8.54. The van der Waals surface area contributed by atoms with Crippen LogP contribution in [0.1, 0.15) is 5.01 Å². The summed E-state index contributed by atoms with van der Waals surface area (Å²) in [6.45, 7) is 0.303. The molecule has 1 aromatic rings. The zero-order valence-electron chi connectivity index (χ0n) is 6.15. The fraction of sp³-hybridized carbons (Fsp3) is 0.400. The van der Waals surface area contributed by atoms with Gasteiger partial charge in [-0.2, -0.15) is 0 Å². The molecule has 0 amide bonds. The van der Waals surface area contributed by atoms with E-state index in [0.29, 0.717) is 11.6 Å².